The fourth-order valence-corrected chi connectivity index (χ4v) is 2.39. The van der Waals surface area contributed by atoms with E-state index >= 15 is 0 Å². The van der Waals surface area contributed by atoms with Crippen molar-refractivity contribution >= 4 is 18.0 Å². The zero-order valence-corrected chi connectivity index (χ0v) is 14.8. The number of aryl methyl sites for hydroxylation is 1. The molecule has 9 heteroatoms. The van der Waals surface area contributed by atoms with Gasteiger partial charge in [0.05, 0.1) is 32.9 Å². The number of ether oxygens (including phenoxy) is 2. The van der Waals surface area contributed by atoms with E-state index in [-0.39, 0.29) is 18.5 Å². The van der Waals surface area contributed by atoms with Gasteiger partial charge in [0.15, 0.2) is 11.5 Å². The molecule has 1 amide bonds. The van der Waals surface area contributed by atoms with Crippen LogP contribution in [0.1, 0.15) is 12.0 Å². The summed E-state index contributed by atoms with van der Waals surface area (Å²) >= 11 is 0. The average molecular weight is 370 g/mol. The SMILES string of the molecule is COc1ccc(-c2nn(CCC(=O)O)cc2/C=C(/C#N)C(N)=O)cc1OC. The normalized spacial score (nSPS) is 10.9. The Morgan fingerprint density at radius 3 is 2.59 bits per heavy atom. The van der Waals surface area contributed by atoms with Crippen LogP contribution in [0.25, 0.3) is 17.3 Å². The molecule has 1 aromatic carbocycles. The molecule has 0 bridgehead atoms. The number of methoxy groups -OCH3 is 2. The van der Waals surface area contributed by atoms with Crippen LogP contribution in [-0.4, -0.2) is 41.0 Å². The number of nitrogens with two attached hydrogens (primary N) is 1. The Morgan fingerprint density at radius 1 is 1.33 bits per heavy atom. The van der Waals surface area contributed by atoms with Crippen LogP contribution in [-0.2, 0) is 16.1 Å². The minimum atomic E-state index is -0.967. The summed E-state index contributed by atoms with van der Waals surface area (Å²) in [7, 11) is 3.01. The molecule has 0 unspecified atom stereocenters. The number of nitriles is 1. The van der Waals surface area contributed by atoms with Crippen LogP contribution >= 0.6 is 0 Å². The molecular weight excluding hydrogens is 352 g/mol. The number of aromatic nitrogens is 2. The molecule has 140 valence electrons. The molecule has 0 radical (unpaired) electrons. The van der Waals surface area contributed by atoms with Gasteiger partial charge in [-0.1, -0.05) is 0 Å². The second kappa shape index (κ2) is 8.53. The number of carboxylic acid groups (broad SMARTS) is 1. The highest BCUT2D eigenvalue weighted by molar-refractivity contribution is 6.01. The van der Waals surface area contributed by atoms with Gasteiger partial charge in [0, 0.05) is 17.3 Å². The van der Waals surface area contributed by atoms with Crippen molar-refractivity contribution in [2.45, 2.75) is 13.0 Å². The third-order valence-electron chi connectivity index (χ3n) is 3.69. The molecule has 1 heterocycles. The van der Waals surface area contributed by atoms with Gasteiger partial charge in [-0.2, -0.15) is 10.4 Å². The lowest BCUT2D eigenvalue weighted by atomic mass is 10.1. The molecule has 0 aliphatic heterocycles. The number of amides is 1. The molecule has 2 rings (SSSR count). The molecule has 2 aromatic rings. The van der Waals surface area contributed by atoms with Crippen LogP contribution in [0.15, 0.2) is 30.0 Å². The number of nitrogens with zero attached hydrogens (tertiary/aromatic N) is 3. The van der Waals surface area contributed by atoms with Crippen molar-refractivity contribution in [3.8, 4) is 28.8 Å². The summed E-state index contributed by atoms with van der Waals surface area (Å²) in [6.45, 7) is 0.127. The van der Waals surface area contributed by atoms with E-state index in [1.54, 1.807) is 30.5 Å². The van der Waals surface area contributed by atoms with Gasteiger partial charge < -0.3 is 20.3 Å². The van der Waals surface area contributed by atoms with E-state index in [1.807, 2.05) is 0 Å². The Bertz CT molecular complexity index is 940. The van der Waals surface area contributed by atoms with Gasteiger partial charge in [-0.3, -0.25) is 14.3 Å². The molecule has 0 spiro atoms. The summed E-state index contributed by atoms with van der Waals surface area (Å²) in [5.74, 6) is -0.835. The molecule has 27 heavy (non-hydrogen) atoms. The number of primary amides is 1. The van der Waals surface area contributed by atoms with E-state index in [0.717, 1.165) is 0 Å². The summed E-state index contributed by atoms with van der Waals surface area (Å²) in [6.07, 6.45) is 2.74. The van der Waals surface area contributed by atoms with Crippen LogP contribution in [0.3, 0.4) is 0 Å². The lowest BCUT2D eigenvalue weighted by molar-refractivity contribution is -0.137. The first-order chi connectivity index (χ1) is 12.9. The monoisotopic (exact) mass is 370 g/mol. The van der Waals surface area contributed by atoms with Crippen LogP contribution < -0.4 is 15.2 Å². The fraction of sp³-hybridized carbons (Fsp3) is 0.222. The minimum absolute atomic E-state index is 0.127. The summed E-state index contributed by atoms with van der Waals surface area (Å²) in [5.41, 5.74) is 6.48. The maximum absolute atomic E-state index is 11.4. The highest BCUT2D eigenvalue weighted by atomic mass is 16.5. The predicted octanol–water partition coefficient (Wildman–Crippen LogP) is 1.43. The molecule has 0 fully saturated rings. The Labute approximate surface area is 155 Å². The Balaban J connectivity index is 2.57. The van der Waals surface area contributed by atoms with Gasteiger partial charge in [-0.15, -0.1) is 0 Å². The molecule has 0 saturated carbocycles. The zero-order chi connectivity index (χ0) is 20.0. The van der Waals surface area contributed by atoms with Crippen LogP contribution in [0.2, 0.25) is 0 Å². The van der Waals surface area contributed by atoms with E-state index < -0.39 is 11.9 Å². The van der Waals surface area contributed by atoms with Crippen molar-refractivity contribution in [2.24, 2.45) is 5.73 Å². The Kier molecular flexibility index (Phi) is 6.17. The van der Waals surface area contributed by atoms with E-state index in [9.17, 15) is 9.59 Å². The highest BCUT2D eigenvalue weighted by Crippen LogP contribution is 2.33. The van der Waals surface area contributed by atoms with Crippen molar-refractivity contribution in [1.29, 1.82) is 5.26 Å². The van der Waals surface area contributed by atoms with Gasteiger partial charge in [0.1, 0.15) is 11.6 Å². The highest BCUT2D eigenvalue weighted by Gasteiger charge is 2.15. The summed E-state index contributed by atoms with van der Waals surface area (Å²) in [5, 5.41) is 22.3. The maximum atomic E-state index is 11.4. The standard InChI is InChI=1S/C18H18N4O5/c1-26-14-4-3-11(8-15(14)27-2)17-13(7-12(9-19)18(20)25)10-22(21-17)6-5-16(23)24/h3-4,7-8,10H,5-6H2,1-2H3,(H2,20,25)(H,23,24)/b12-7-. The first-order valence-corrected chi connectivity index (χ1v) is 7.82. The largest absolute Gasteiger partial charge is 0.493 e. The smallest absolute Gasteiger partial charge is 0.305 e. The second-order valence-corrected chi connectivity index (χ2v) is 5.44. The van der Waals surface area contributed by atoms with E-state index in [0.29, 0.717) is 28.3 Å². The molecule has 0 saturated heterocycles. The van der Waals surface area contributed by atoms with E-state index in [4.69, 9.17) is 25.6 Å². The molecule has 1 aromatic heterocycles. The number of carbonyl (C=O) groups excluding carboxylic acids is 1. The van der Waals surface area contributed by atoms with E-state index in [2.05, 4.69) is 5.10 Å². The summed E-state index contributed by atoms with van der Waals surface area (Å²) < 4.78 is 11.9. The number of hydrogen-bond donors (Lipinski definition) is 2. The van der Waals surface area contributed by atoms with Crippen molar-refractivity contribution in [3.05, 3.63) is 35.5 Å². The van der Waals surface area contributed by atoms with Gasteiger partial charge in [-0.05, 0) is 24.3 Å². The lowest BCUT2D eigenvalue weighted by Crippen LogP contribution is -2.12. The number of benzene rings is 1. The number of carboxylic acids is 1. The minimum Gasteiger partial charge on any atom is -0.493 e. The summed E-state index contributed by atoms with van der Waals surface area (Å²) in [6, 6.07) is 6.86. The fourth-order valence-electron chi connectivity index (χ4n) is 2.39. The molecule has 0 atom stereocenters. The lowest BCUT2D eigenvalue weighted by Gasteiger charge is -2.09. The summed E-state index contributed by atoms with van der Waals surface area (Å²) in [4.78, 5) is 22.2. The number of hydrogen-bond acceptors (Lipinski definition) is 6. The zero-order valence-electron chi connectivity index (χ0n) is 14.8. The number of carbonyl (C=O) groups is 2. The second-order valence-electron chi connectivity index (χ2n) is 5.44. The van der Waals surface area contributed by atoms with Crippen molar-refractivity contribution in [1.82, 2.24) is 9.78 Å². The van der Waals surface area contributed by atoms with Gasteiger partial charge in [0.2, 0.25) is 0 Å². The van der Waals surface area contributed by atoms with Gasteiger partial charge >= 0.3 is 5.97 Å². The van der Waals surface area contributed by atoms with Crippen LogP contribution in [0, 0.1) is 11.3 Å². The molecule has 0 aliphatic carbocycles. The van der Waals surface area contributed by atoms with Crippen molar-refractivity contribution in [3.63, 3.8) is 0 Å². The first-order valence-electron chi connectivity index (χ1n) is 7.82. The van der Waals surface area contributed by atoms with Crippen molar-refractivity contribution in [2.75, 3.05) is 14.2 Å². The molecule has 3 N–H and O–H groups in total. The average Bonchev–Trinajstić information content (AvgIpc) is 3.06. The maximum Gasteiger partial charge on any atom is 0.305 e. The van der Waals surface area contributed by atoms with Crippen LogP contribution in [0.5, 0.6) is 11.5 Å². The predicted molar refractivity (Wildman–Crippen MR) is 95.8 cm³/mol. The van der Waals surface area contributed by atoms with E-state index in [1.165, 1.54) is 25.0 Å². The molecular formula is C18H18N4O5. The van der Waals surface area contributed by atoms with Crippen molar-refractivity contribution < 1.29 is 24.2 Å². The Hall–Kier alpha value is -3.80. The third kappa shape index (κ3) is 4.64. The first kappa shape index (κ1) is 19.5. The van der Waals surface area contributed by atoms with Gasteiger partial charge in [0.25, 0.3) is 5.91 Å². The Morgan fingerprint density at radius 2 is 2.04 bits per heavy atom. The van der Waals surface area contributed by atoms with Crippen LogP contribution in [0.4, 0.5) is 0 Å². The van der Waals surface area contributed by atoms with Gasteiger partial charge in [-0.25, -0.2) is 0 Å². The number of rotatable bonds is 8. The molecule has 0 aliphatic rings. The molecule has 9 nitrogen and oxygen atoms in total. The topological polar surface area (TPSA) is 140 Å². The quantitative estimate of drug-likeness (QED) is 0.529. The third-order valence-corrected chi connectivity index (χ3v) is 3.69. The number of aliphatic carboxylic acids is 1.